The number of ether oxygens (including phenoxy) is 1. The fourth-order valence-electron chi connectivity index (χ4n) is 2.00. The molecule has 1 amide bonds. The van der Waals surface area contributed by atoms with Gasteiger partial charge in [0.15, 0.2) is 11.3 Å². The summed E-state index contributed by atoms with van der Waals surface area (Å²) in [7, 11) is 0. The summed E-state index contributed by atoms with van der Waals surface area (Å²) in [5.74, 6) is -1.65. The highest BCUT2D eigenvalue weighted by atomic mass is 32.1. The molecule has 0 saturated carbocycles. The number of aliphatic carboxylic acids is 1. The monoisotopic (exact) mass is 297 g/mol. The van der Waals surface area contributed by atoms with Gasteiger partial charge in [-0.2, -0.15) is 0 Å². The Hall–Kier alpha value is -1.73. The van der Waals surface area contributed by atoms with Gasteiger partial charge in [0.05, 0.1) is 11.5 Å². The Balaban J connectivity index is 1.86. The second-order valence-corrected chi connectivity index (χ2v) is 5.59. The molecule has 7 heteroatoms. The molecular formula is C13H15NO5S. The molecule has 20 heavy (non-hydrogen) atoms. The van der Waals surface area contributed by atoms with Crippen molar-refractivity contribution in [3.63, 3.8) is 0 Å². The van der Waals surface area contributed by atoms with Gasteiger partial charge in [-0.3, -0.25) is 9.59 Å². The summed E-state index contributed by atoms with van der Waals surface area (Å²) in [6, 6.07) is 3.47. The van der Waals surface area contributed by atoms with Crippen molar-refractivity contribution in [1.82, 2.24) is 5.32 Å². The van der Waals surface area contributed by atoms with Gasteiger partial charge in [-0.05, 0) is 11.4 Å². The lowest BCUT2D eigenvalue weighted by Gasteiger charge is -2.23. The molecule has 1 aliphatic rings. The number of nitrogens with one attached hydrogen (secondary N) is 1. The van der Waals surface area contributed by atoms with Crippen molar-refractivity contribution in [2.24, 2.45) is 0 Å². The smallest absolute Gasteiger partial charge is 0.331 e. The maximum absolute atomic E-state index is 11.8. The first-order valence-electron chi connectivity index (χ1n) is 6.22. The molecular weight excluding hydrogens is 282 g/mol. The maximum atomic E-state index is 11.8. The second kappa shape index (κ2) is 6.15. The normalized spacial score (nSPS) is 21.6. The Morgan fingerprint density at radius 1 is 1.40 bits per heavy atom. The van der Waals surface area contributed by atoms with Gasteiger partial charge in [0, 0.05) is 25.9 Å². The van der Waals surface area contributed by atoms with E-state index >= 15 is 0 Å². The minimum Gasteiger partial charge on any atom is -0.479 e. The average molecular weight is 297 g/mol. The molecule has 6 nitrogen and oxygen atoms in total. The second-order valence-electron chi connectivity index (χ2n) is 4.64. The molecule has 1 aliphatic heterocycles. The van der Waals surface area contributed by atoms with Gasteiger partial charge in [-0.25, -0.2) is 4.79 Å². The number of carboxylic acid groups (broad SMARTS) is 1. The molecule has 0 aromatic carbocycles. The summed E-state index contributed by atoms with van der Waals surface area (Å²) >= 11 is 1.32. The third kappa shape index (κ3) is 3.23. The van der Waals surface area contributed by atoms with Crippen molar-refractivity contribution >= 4 is 29.0 Å². The van der Waals surface area contributed by atoms with Crippen LogP contribution in [-0.2, 0) is 14.3 Å². The molecule has 0 spiro atoms. The highest BCUT2D eigenvalue weighted by molar-refractivity contribution is 7.12. The first-order chi connectivity index (χ1) is 9.53. The van der Waals surface area contributed by atoms with Crippen LogP contribution in [0.15, 0.2) is 17.5 Å². The molecule has 108 valence electrons. The van der Waals surface area contributed by atoms with Crippen molar-refractivity contribution in [3.8, 4) is 0 Å². The van der Waals surface area contributed by atoms with E-state index < -0.39 is 17.4 Å². The first-order valence-corrected chi connectivity index (χ1v) is 7.10. The summed E-state index contributed by atoms with van der Waals surface area (Å²) < 4.78 is 5.05. The summed E-state index contributed by atoms with van der Waals surface area (Å²) in [5, 5.41) is 13.5. The van der Waals surface area contributed by atoms with Gasteiger partial charge in [0.2, 0.25) is 5.91 Å². The van der Waals surface area contributed by atoms with Gasteiger partial charge in [-0.15, -0.1) is 11.3 Å². The van der Waals surface area contributed by atoms with Crippen LogP contribution in [0.5, 0.6) is 0 Å². The minimum absolute atomic E-state index is 0.0221. The van der Waals surface area contributed by atoms with E-state index in [0.29, 0.717) is 11.5 Å². The number of hydrogen-bond donors (Lipinski definition) is 2. The summed E-state index contributed by atoms with van der Waals surface area (Å²) in [6.45, 7) is 0.271. The average Bonchev–Trinajstić information content (AvgIpc) is 3.07. The molecule has 2 rings (SSSR count). The maximum Gasteiger partial charge on any atom is 0.331 e. The number of carboxylic acids is 1. The molecule has 0 bridgehead atoms. The van der Waals surface area contributed by atoms with Gasteiger partial charge in [-0.1, -0.05) is 6.07 Å². The topological polar surface area (TPSA) is 92.7 Å². The SMILES string of the molecule is O=C(CCC(=O)c1cccs1)NC1(C(=O)O)CCOC1. The van der Waals surface area contributed by atoms with Crippen LogP contribution in [0.2, 0.25) is 0 Å². The van der Waals surface area contributed by atoms with E-state index in [1.165, 1.54) is 11.3 Å². The van der Waals surface area contributed by atoms with Crippen LogP contribution in [-0.4, -0.2) is 41.5 Å². The predicted molar refractivity (Wildman–Crippen MR) is 71.8 cm³/mol. The third-order valence-electron chi connectivity index (χ3n) is 3.18. The van der Waals surface area contributed by atoms with E-state index in [0.717, 1.165) is 0 Å². The lowest BCUT2D eigenvalue weighted by molar-refractivity contribution is -0.147. The van der Waals surface area contributed by atoms with Gasteiger partial charge < -0.3 is 15.2 Å². The molecule has 2 heterocycles. The molecule has 0 aliphatic carbocycles. The van der Waals surface area contributed by atoms with Crippen LogP contribution < -0.4 is 5.32 Å². The summed E-state index contributed by atoms with van der Waals surface area (Å²) in [4.78, 5) is 35.4. The number of carbonyl (C=O) groups excluding carboxylic acids is 2. The largest absolute Gasteiger partial charge is 0.479 e. The van der Waals surface area contributed by atoms with E-state index in [2.05, 4.69) is 5.32 Å². The molecule has 1 saturated heterocycles. The quantitative estimate of drug-likeness (QED) is 0.766. The lowest BCUT2D eigenvalue weighted by Crippen LogP contribution is -2.55. The molecule has 0 radical (unpaired) electrons. The van der Waals surface area contributed by atoms with Crippen molar-refractivity contribution in [1.29, 1.82) is 0 Å². The summed E-state index contributed by atoms with van der Waals surface area (Å²) in [5.41, 5.74) is -1.34. The molecule has 1 unspecified atom stereocenters. The number of ketones is 1. The Morgan fingerprint density at radius 2 is 2.20 bits per heavy atom. The lowest BCUT2D eigenvalue weighted by atomic mass is 9.98. The standard InChI is InChI=1S/C13H15NO5S/c15-9(10-2-1-7-20-10)3-4-11(16)14-13(12(17)18)5-6-19-8-13/h1-2,7H,3-6,8H2,(H,14,16)(H,17,18). The van der Waals surface area contributed by atoms with Crippen molar-refractivity contribution < 1.29 is 24.2 Å². The van der Waals surface area contributed by atoms with E-state index in [-0.39, 0.29) is 31.7 Å². The van der Waals surface area contributed by atoms with Crippen molar-refractivity contribution in [3.05, 3.63) is 22.4 Å². The van der Waals surface area contributed by atoms with Gasteiger partial charge in [0.1, 0.15) is 0 Å². The molecule has 1 fully saturated rings. The Bertz CT molecular complexity index is 505. The third-order valence-corrected chi connectivity index (χ3v) is 4.10. The molecule has 2 N–H and O–H groups in total. The fourth-order valence-corrected chi connectivity index (χ4v) is 2.70. The number of rotatable bonds is 6. The Morgan fingerprint density at radius 3 is 2.75 bits per heavy atom. The van der Waals surface area contributed by atoms with E-state index in [4.69, 9.17) is 4.74 Å². The molecule has 1 aromatic rings. The van der Waals surface area contributed by atoms with Crippen LogP contribution in [0.4, 0.5) is 0 Å². The first kappa shape index (κ1) is 14.7. The van der Waals surface area contributed by atoms with E-state index in [1.54, 1.807) is 17.5 Å². The molecule has 1 atom stereocenters. The van der Waals surface area contributed by atoms with Crippen LogP contribution in [0.25, 0.3) is 0 Å². The van der Waals surface area contributed by atoms with Crippen molar-refractivity contribution in [2.75, 3.05) is 13.2 Å². The number of hydrogen-bond acceptors (Lipinski definition) is 5. The van der Waals surface area contributed by atoms with Crippen LogP contribution in [0.3, 0.4) is 0 Å². The van der Waals surface area contributed by atoms with Crippen LogP contribution in [0, 0.1) is 0 Å². The van der Waals surface area contributed by atoms with Crippen LogP contribution >= 0.6 is 11.3 Å². The minimum atomic E-state index is -1.34. The Kier molecular flexibility index (Phi) is 4.51. The highest BCUT2D eigenvalue weighted by Crippen LogP contribution is 2.19. The number of amides is 1. The van der Waals surface area contributed by atoms with E-state index in [9.17, 15) is 19.5 Å². The number of carbonyl (C=O) groups is 3. The molecule has 1 aromatic heterocycles. The van der Waals surface area contributed by atoms with Gasteiger partial charge in [0.25, 0.3) is 0 Å². The fraction of sp³-hybridized carbons (Fsp3) is 0.462. The van der Waals surface area contributed by atoms with Gasteiger partial charge >= 0.3 is 5.97 Å². The highest BCUT2D eigenvalue weighted by Gasteiger charge is 2.43. The van der Waals surface area contributed by atoms with Crippen molar-refractivity contribution in [2.45, 2.75) is 24.8 Å². The Labute approximate surface area is 119 Å². The number of Topliss-reactive ketones (excluding diaryl/α,β-unsaturated/α-hetero) is 1. The zero-order valence-electron chi connectivity index (χ0n) is 10.8. The van der Waals surface area contributed by atoms with E-state index in [1.807, 2.05) is 0 Å². The predicted octanol–water partition coefficient (Wildman–Crippen LogP) is 1.07. The van der Waals surface area contributed by atoms with Crippen LogP contribution in [0.1, 0.15) is 28.9 Å². The summed E-state index contributed by atoms with van der Waals surface area (Å²) in [6.07, 6.45) is 0.293. The zero-order chi connectivity index (χ0) is 14.6. The zero-order valence-corrected chi connectivity index (χ0v) is 11.6. The number of thiophene rings is 1.